The predicted octanol–water partition coefficient (Wildman–Crippen LogP) is 1.54. The van der Waals surface area contributed by atoms with Gasteiger partial charge in [-0.05, 0) is 28.7 Å². The Balaban J connectivity index is 3.20. The van der Waals surface area contributed by atoms with Crippen LogP contribution in [0.1, 0.15) is 17.7 Å². The van der Waals surface area contributed by atoms with Gasteiger partial charge in [0, 0.05) is 9.13 Å². The highest BCUT2D eigenvalue weighted by atomic mass is 127. The zero-order valence-electron chi connectivity index (χ0n) is 7.26. The SMILES string of the molecule is O=C(O)Cc1cc(I)c(C(F)F)[nH]c1=O. The van der Waals surface area contributed by atoms with Crippen LogP contribution < -0.4 is 5.56 Å². The van der Waals surface area contributed by atoms with Gasteiger partial charge in [0.25, 0.3) is 12.0 Å². The normalized spacial score (nSPS) is 10.7. The van der Waals surface area contributed by atoms with Gasteiger partial charge in [0.2, 0.25) is 0 Å². The van der Waals surface area contributed by atoms with Crippen LogP contribution in [0.5, 0.6) is 0 Å². The molecule has 1 aromatic heterocycles. The first kappa shape index (κ1) is 12.1. The van der Waals surface area contributed by atoms with Crippen molar-refractivity contribution in [1.29, 1.82) is 0 Å². The van der Waals surface area contributed by atoms with E-state index in [-0.39, 0.29) is 9.13 Å². The van der Waals surface area contributed by atoms with Gasteiger partial charge in [-0.2, -0.15) is 0 Å². The second-order valence-corrected chi connectivity index (χ2v) is 3.92. The van der Waals surface area contributed by atoms with E-state index in [1.807, 2.05) is 4.98 Å². The van der Waals surface area contributed by atoms with Gasteiger partial charge in [0.1, 0.15) is 0 Å². The van der Waals surface area contributed by atoms with Crippen molar-refractivity contribution in [2.45, 2.75) is 12.8 Å². The van der Waals surface area contributed by atoms with Crippen molar-refractivity contribution in [3.05, 3.63) is 31.2 Å². The number of pyridine rings is 1. The van der Waals surface area contributed by atoms with Gasteiger partial charge < -0.3 is 10.1 Å². The first-order valence-corrected chi connectivity index (χ1v) is 4.91. The first-order valence-electron chi connectivity index (χ1n) is 3.83. The van der Waals surface area contributed by atoms with Gasteiger partial charge in [-0.15, -0.1) is 0 Å². The number of alkyl halides is 2. The van der Waals surface area contributed by atoms with Crippen LogP contribution in [-0.4, -0.2) is 16.1 Å². The van der Waals surface area contributed by atoms with Crippen molar-refractivity contribution in [3.63, 3.8) is 0 Å². The van der Waals surface area contributed by atoms with E-state index in [1.165, 1.54) is 0 Å². The quantitative estimate of drug-likeness (QED) is 0.827. The number of H-pyrrole nitrogens is 1. The van der Waals surface area contributed by atoms with Gasteiger partial charge in [-0.3, -0.25) is 9.59 Å². The summed E-state index contributed by atoms with van der Waals surface area (Å²) in [6.07, 6.45) is -3.25. The monoisotopic (exact) mass is 329 g/mol. The van der Waals surface area contributed by atoms with Gasteiger partial charge in [-0.1, -0.05) is 0 Å². The number of carbonyl (C=O) groups is 1. The largest absolute Gasteiger partial charge is 0.481 e. The highest BCUT2D eigenvalue weighted by molar-refractivity contribution is 14.1. The number of halogens is 3. The molecule has 0 unspecified atom stereocenters. The molecule has 4 nitrogen and oxygen atoms in total. The molecule has 0 saturated carbocycles. The number of aromatic nitrogens is 1. The molecule has 0 radical (unpaired) electrons. The average molecular weight is 329 g/mol. The molecule has 0 atom stereocenters. The van der Waals surface area contributed by atoms with Crippen molar-refractivity contribution in [3.8, 4) is 0 Å². The molecule has 0 aromatic carbocycles. The Morgan fingerprint density at radius 3 is 2.67 bits per heavy atom. The molecule has 0 amide bonds. The zero-order valence-corrected chi connectivity index (χ0v) is 9.42. The lowest BCUT2D eigenvalue weighted by Crippen LogP contribution is -2.19. The third kappa shape index (κ3) is 2.98. The number of aliphatic carboxylic acids is 1. The van der Waals surface area contributed by atoms with Gasteiger partial charge in [0.15, 0.2) is 0 Å². The maximum atomic E-state index is 12.3. The summed E-state index contributed by atoms with van der Waals surface area (Å²) in [4.78, 5) is 23.5. The van der Waals surface area contributed by atoms with Crippen molar-refractivity contribution in [2.24, 2.45) is 0 Å². The fraction of sp³-hybridized carbons (Fsp3) is 0.250. The van der Waals surface area contributed by atoms with Crippen LogP contribution >= 0.6 is 22.6 Å². The number of carboxylic acid groups (broad SMARTS) is 1. The summed E-state index contributed by atoms with van der Waals surface area (Å²) in [5.74, 6) is -1.18. The summed E-state index contributed by atoms with van der Waals surface area (Å²) >= 11 is 1.62. The number of aromatic amines is 1. The predicted molar refractivity (Wildman–Crippen MR) is 56.1 cm³/mol. The number of carboxylic acids is 1. The van der Waals surface area contributed by atoms with Crippen LogP contribution in [0.3, 0.4) is 0 Å². The van der Waals surface area contributed by atoms with Crippen LogP contribution in [0, 0.1) is 3.57 Å². The second kappa shape index (κ2) is 4.69. The third-order valence-electron chi connectivity index (χ3n) is 1.66. The molecule has 0 aliphatic heterocycles. The average Bonchev–Trinajstić information content (AvgIpc) is 2.09. The molecular weight excluding hydrogens is 323 g/mol. The van der Waals surface area contributed by atoms with E-state index in [9.17, 15) is 18.4 Å². The summed E-state index contributed by atoms with van der Waals surface area (Å²) in [6.45, 7) is 0. The van der Waals surface area contributed by atoms with E-state index < -0.39 is 30.1 Å². The lowest BCUT2D eigenvalue weighted by atomic mass is 10.2. The first-order chi connectivity index (χ1) is 6.91. The summed E-state index contributed by atoms with van der Waals surface area (Å²) in [6, 6.07) is 1.16. The van der Waals surface area contributed by atoms with E-state index in [0.29, 0.717) is 0 Å². The molecule has 0 spiro atoms. The Kier molecular flexibility index (Phi) is 3.77. The van der Waals surface area contributed by atoms with Crippen molar-refractivity contribution in [1.82, 2.24) is 4.98 Å². The standard InChI is InChI=1S/C8H6F2INO3/c9-7(10)6-4(11)1-3(2-5(13)14)8(15)12-6/h1,7H,2H2,(H,12,15)(H,13,14). The number of nitrogens with one attached hydrogen (secondary N) is 1. The van der Waals surface area contributed by atoms with Gasteiger partial charge in [-0.25, -0.2) is 8.78 Å². The van der Waals surface area contributed by atoms with E-state index in [4.69, 9.17) is 5.11 Å². The van der Waals surface area contributed by atoms with Gasteiger partial charge >= 0.3 is 5.97 Å². The summed E-state index contributed by atoms with van der Waals surface area (Å²) in [7, 11) is 0. The fourth-order valence-electron chi connectivity index (χ4n) is 1.01. The molecule has 0 fully saturated rings. The Hall–Kier alpha value is -0.990. The minimum Gasteiger partial charge on any atom is -0.481 e. The van der Waals surface area contributed by atoms with Crippen LogP contribution in [0.2, 0.25) is 0 Å². The highest BCUT2D eigenvalue weighted by Gasteiger charge is 2.15. The second-order valence-electron chi connectivity index (χ2n) is 2.76. The van der Waals surface area contributed by atoms with Crippen molar-refractivity contribution < 1.29 is 18.7 Å². The smallest absolute Gasteiger partial charge is 0.308 e. The minimum atomic E-state index is -2.77. The summed E-state index contributed by atoms with van der Waals surface area (Å²) in [5.41, 5.74) is -1.29. The van der Waals surface area contributed by atoms with Crippen LogP contribution in [0.4, 0.5) is 8.78 Å². The maximum absolute atomic E-state index is 12.3. The molecule has 0 aliphatic rings. The van der Waals surface area contributed by atoms with Crippen molar-refractivity contribution >= 4 is 28.6 Å². The van der Waals surface area contributed by atoms with Gasteiger partial charge in [0.05, 0.1) is 12.1 Å². The number of hydrogen-bond donors (Lipinski definition) is 2. The Morgan fingerprint density at radius 1 is 1.60 bits per heavy atom. The lowest BCUT2D eigenvalue weighted by Gasteiger charge is -2.04. The maximum Gasteiger partial charge on any atom is 0.308 e. The van der Waals surface area contributed by atoms with Crippen LogP contribution in [0.15, 0.2) is 10.9 Å². The Labute approximate surface area is 96.5 Å². The molecule has 0 aliphatic carbocycles. The molecule has 7 heteroatoms. The highest BCUT2D eigenvalue weighted by Crippen LogP contribution is 2.21. The molecule has 15 heavy (non-hydrogen) atoms. The summed E-state index contributed by atoms with van der Waals surface area (Å²) in [5, 5.41) is 8.46. The Bertz CT molecular complexity index is 444. The van der Waals surface area contributed by atoms with Crippen LogP contribution in [-0.2, 0) is 11.2 Å². The molecule has 0 saturated heterocycles. The topological polar surface area (TPSA) is 70.2 Å². The molecular formula is C8H6F2INO3. The third-order valence-corrected chi connectivity index (χ3v) is 2.55. The zero-order chi connectivity index (χ0) is 11.6. The molecule has 2 N–H and O–H groups in total. The lowest BCUT2D eigenvalue weighted by molar-refractivity contribution is -0.136. The molecule has 1 heterocycles. The van der Waals surface area contributed by atoms with E-state index in [0.717, 1.165) is 6.07 Å². The minimum absolute atomic E-state index is 0.0312. The fourth-order valence-corrected chi connectivity index (χ4v) is 1.76. The van der Waals surface area contributed by atoms with E-state index in [2.05, 4.69) is 0 Å². The molecule has 0 bridgehead atoms. The van der Waals surface area contributed by atoms with Crippen molar-refractivity contribution in [2.75, 3.05) is 0 Å². The molecule has 1 rings (SSSR count). The Morgan fingerprint density at radius 2 is 2.20 bits per heavy atom. The number of hydrogen-bond acceptors (Lipinski definition) is 2. The van der Waals surface area contributed by atoms with Crippen LogP contribution in [0.25, 0.3) is 0 Å². The molecule has 82 valence electrons. The van der Waals surface area contributed by atoms with E-state index >= 15 is 0 Å². The summed E-state index contributed by atoms with van der Waals surface area (Å²) < 4.78 is 24.8. The van der Waals surface area contributed by atoms with E-state index in [1.54, 1.807) is 22.6 Å². The number of rotatable bonds is 3. The molecule has 1 aromatic rings.